The van der Waals surface area contributed by atoms with Gasteiger partial charge in [-0.1, -0.05) is 0 Å². The first-order valence-electron chi connectivity index (χ1n) is 8.66. The Kier molecular flexibility index (Phi) is 5.80. The predicted octanol–water partition coefficient (Wildman–Crippen LogP) is 2.27. The topological polar surface area (TPSA) is 101 Å². The number of carbonyl (C=O) groups excluding carboxylic acids is 3. The van der Waals surface area contributed by atoms with Gasteiger partial charge in [0.2, 0.25) is 5.91 Å². The number of carbonyl (C=O) groups is 3. The van der Waals surface area contributed by atoms with Gasteiger partial charge < -0.3 is 15.0 Å². The highest BCUT2D eigenvalue weighted by Gasteiger charge is 2.35. The summed E-state index contributed by atoms with van der Waals surface area (Å²) in [6.45, 7) is 4.11. The number of hydrogen-bond acceptors (Lipinski definition) is 7. The van der Waals surface area contributed by atoms with Gasteiger partial charge in [-0.3, -0.25) is 14.6 Å². The molecule has 9 heteroatoms. The van der Waals surface area contributed by atoms with E-state index >= 15 is 0 Å². The average Bonchev–Trinajstić information content (AvgIpc) is 3.33. The van der Waals surface area contributed by atoms with Crippen molar-refractivity contribution in [2.45, 2.75) is 32.7 Å². The minimum absolute atomic E-state index is 0.216. The van der Waals surface area contributed by atoms with E-state index in [0.717, 1.165) is 6.42 Å². The maximum Gasteiger partial charge on any atom is 0.339 e. The van der Waals surface area contributed by atoms with Gasteiger partial charge >= 0.3 is 5.97 Å². The molecule has 0 bridgehead atoms. The van der Waals surface area contributed by atoms with Crippen LogP contribution >= 0.6 is 11.3 Å². The third kappa shape index (κ3) is 4.13. The molecule has 0 aromatic carbocycles. The molecule has 1 aliphatic heterocycles. The van der Waals surface area contributed by atoms with E-state index in [4.69, 9.17) is 4.74 Å². The number of thiazole rings is 1. The van der Waals surface area contributed by atoms with Crippen LogP contribution in [0.5, 0.6) is 0 Å². The van der Waals surface area contributed by atoms with Crippen molar-refractivity contribution < 1.29 is 19.1 Å². The molecule has 27 heavy (non-hydrogen) atoms. The van der Waals surface area contributed by atoms with Crippen molar-refractivity contribution in [2.24, 2.45) is 0 Å². The van der Waals surface area contributed by atoms with Crippen LogP contribution in [-0.4, -0.2) is 51.8 Å². The summed E-state index contributed by atoms with van der Waals surface area (Å²) >= 11 is 1.32. The van der Waals surface area contributed by atoms with E-state index in [1.165, 1.54) is 28.5 Å². The van der Waals surface area contributed by atoms with Gasteiger partial charge in [-0.2, -0.15) is 0 Å². The second-order valence-corrected chi connectivity index (χ2v) is 6.96. The van der Waals surface area contributed by atoms with Crippen molar-refractivity contribution in [1.29, 1.82) is 0 Å². The van der Waals surface area contributed by atoms with Gasteiger partial charge in [0.25, 0.3) is 5.91 Å². The molecular weight excluding hydrogens is 368 g/mol. The van der Waals surface area contributed by atoms with Crippen LogP contribution < -0.4 is 5.32 Å². The first kappa shape index (κ1) is 19.0. The lowest BCUT2D eigenvalue weighted by atomic mass is 10.1. The SMILES string of the molecule is CCOC(=O)c1cnc(C)c(C(=O)N2CCC[C@@H]2C(=O)Nc2nccs2)c1. The van der Waals surface area contributed by atoms with Crippen LogP contribution in [0.4, 0.5) is 5.13 Å². The molecule has 2 aromatic rings. The van der Waals surface area contributed by atoms with E-state index in [2.05, 4.69) is 15.3 Å². The number of aromatic nitrogens is 2. The third-order valence-electron chi connectivity index (χ3n) is 4.31. The van der Waals surface area contributed by atoms with E-state index in [1.807, 2.05) is 0 Å². The smallest absolute Gasteiger partial charge is 0.339 e. The van der Waals surface area contributed by atoms with Crippen molar-refractivity contribution in [3.8, 4) is 0 Å². The number of pyridine rings is 1. The number of nitrogens with zero attached hydrogens (tertiary/aromatic N) is 3. The molecule has 3 rings (SSSR count). The highest BCUT2D eigenvalue weighted by molar-refractivity contribution is 7.13. The van der Waals surface area contributed by atoms with Crippen LogP contribution in [-0.2, 0) is 9.53 Å². The third-order valence-corrected chi connectivity index (χ3v) is 5.00. The van der Waals surface area contributed by atoms with Crippen LogP contribution in [0, 0.1) is 6.92 Å². The summed E-state index contributed by atoms with van der Waals surface area (Å²) in [7, 11) is 0. The maximum atomic E-state index is 13.1. The van der Waals surface area contributed by atoms with Gasteiger partial charge in [0.05, 0.1) is 23.4 Å². The Hall–Kier alpha value is -2.81. The molecule has 3 heterocycles. The number of nitrogens with one attached hydrogen (secondary N) is 1. The zero-order chi connectivity index (χ0) is 19.4. The van der Waals surface area contributed by atoms with Crippen molar-refractivity contribution in [3.63, 3.8) is 0 Å². The predicted molar refractivity (Wildman–Crippen MR) is 99.7 cm³/mol. The number of ether oxygens (including phenoxy) is 1. The molecule has 2 amide bonds. The van der Waals surface area contributed by atoms with E-state index in [9.17, 15) is 14.4 Å². The summed E-state index contributed by atoms with van der Waals surface area (Å²) in [6.07, 6.45) is 4.30. The van der Waals surface area contributed by atoms with Crippen LogP contribution in [0.15, 0.2) is 23.8 Å². The summed E-state index contributed by atoms with van der Waals surface area (Å²) in [6, 6.07) is 0.906. The van der Waals surface area contributed by atoms with Crippen molar-refractivity contribution in [2.75, 3.05) is 18.5 Å². The summed E-state index contributed by atoms with van der Waals surface area (Å²) in [5, 5.41) is 5.01. The zero-order valence-corrected chi connectivity index (χ0v) is 15.9. The number of rotatable bonds is 5. The standard InChI is InChI=1S/C18H20N4O4S/c1-3-26-17(25)12-9-13(11(2)20-10-12)16(24)22-7-4-5-14(22)15(23)21-18-19-6-8-27-18/h6,8-10,14H,3-5,7H2,1-2H3,(H,19,21,23)/t14-/m1/s1. The van der Waals surface area contributed by atoms with Crippen molar-refractivity contribution in [3.05, 3.63) is 40.7 Å². The quantitative estimate of drug-likeness (QED) is 0.789. The first-order chi connectivity index (χ1) is 13.0. The molecule has 1 atom stereocenters. The molecule has 0 unspecified atom stereocenters. The van der Waals surface area contributed by atoms with E-state index < -0.39 is 12.0 Å². The van der Waals surface area contributed by atoms with Gasteiger partial charge in [0.15, 0.2) is 5.13 Å². The molecule has 2 aromatic heterocycles. The fourth-order valence-corrected chi connectivity index (χ4v) is 3.52. The normalized spacial score (nSPS) is 16.2. The molecule has 1 N–H and O–H groups in total. The summed E-state index contributed by atoms with van der Waals surface area (Å²) in [5.74, 6) is -1.11. The van der Waals surface area contributed by atoms with E-state index in [-0.39, 0.29) is 24.0 Å². The first-order valence-corrected chi connectivity index (χ1v) is 9.54. The van der Waals surface area contributed by atoms with Gasteiger partial charge in [-0.15, -0.1) is 11.3 Å². The number of amides is 2. The lowest BCUT2D eigenvalue weighted by molar-refractivity contribution is -0.119. The van der Waals surface area contributed by atoms with Gasteiger partial charge in [0, 0.05) is 24.3 Å². The van der Waals surface area contributed by atoms with Gasteiger partial charge in [-0.05, 0) is 32.8 Å². The highest BCUT2D eigenvalue weighted by Crippen LogP contribution is 2.23. The van der Waals surface area contributed by atoms with Crippen LogP contribution in [0.25, 0.3) is 0 Å². The monoisotopic (exact) mass is 388 g/mol. The molecule has 1 fully saturated rings. The minimum atomic E-state index is -0.577. The second kappa shape index (κ2) is 8.26. The molecule has 0 spiro atoms. The number of aryl methyl sites for hydroxylation is 1. The maximum absolute atomic E-state index is 13.1. The van der Waals surface area contributed by atoms with Crippen LogP contribution in [0.3, 0.4) is 0 Å². The van der Waals surface area contributed by atoms with E-state index in [0.29, 0.717) is 29.4 Å². The Labute approximate surface area is 160 Å². The fourth-order valence-electron chi connectivity index (χ4n) is 2.99. The Morgan fingerprint density at radius 3 is 2.89 bits per heavy atom. The average molecular weight is 388 g/mol. The molecule has 0 radical (unpaired) electrons. The number of hydrogen-bond donors (Lipinski definition) is 1. The molecule has 8 nitrogen and oxygen atoms in total. The summed E-state index contributed by atoms with van der Waals surface area (Å²) in [4.78, 5) is 47.3. The second-order valence-electron chi connectivity index (χ2n) is 6.06. The Morgan fingerprint density at radius 1 is 1.37 bits per heavy atom. The number of likely N-dealkylation sites (tertiary alicyclic amines) is 1. The highest BCUT2D eigenvalue weighted by atomic mass is 32.1. The lowest BCUT2D eigenvalue weighted by Crippen LogP contribution is -2.43. The lowest BCUT2D eigenvalue weighted by Gasteiger charge is -2.24. The molecule has 142 valence electrons. The Bertz CT molecular complexity index is 853. The number of esters is 1. The largest absolute Gasteiger partial charge is 0.462 e. The Balaban J connectivity index is 1.80. The molecule has 0 aliphatic carbocycles. The Morgan fingerprint density at radius 2 is 2.19 bits per heavy atom. The molecule has 0 saturated carbocycles. The van der Waals surface area contributed by atoms with Gasteiger partial charge in [-0.25, -0.2) is 9.78 Å². The fraction of sp³-hybridized carbons (Fsp3) is 0.389. The zero-order valence-electron chi connectivity index (χ0n) is 15.1. The van der Waals surface area contributed by atoms with E-state index in [1.54, 1.807) is 25.4 Å². The number of anilines is 1. The van der Waals surface area contributed by atoms with Crippen molar-refractivity contribution >= 4 is 34.3 Å². The van der Waals surface area contributed by atoms with Crippen LogP contribution in [0.2, 0.25) is 0 Å². The molecule has 1 aliphatic rings. The van der Waals surface area contributed by atoms with Crippen LogP contribution in [0.1, 0.15) is 46.2 Å². The molecular formula is C18H20N4O4S. The summed E-state index contributed by atoms with van der Waals surface area (Å²) < 4.78 is 4.97. The van der Waals surface area contributed by atoms with Gasteiger partial charge in [0.1, 0.15) is 6.04 Å². The van der Waals surface area contributed by atoms with Crippen molar-refractivity contribution in [1.82, 2.24) is 14.9 Å². The molecule has 1 saturated heterocycles. The minimum Gasteiger partial charge on any atom is -0.462 e. The summed E-state index contributed by atoms with van der Waals surface area (Å²) in [5.41, 5.74) is 1.02.